The van der Waals surface area contributed by atoms with Gasteiger partial charge in [0.15, 0.2) is 0 Å². The molecule has 3 aromatic carbocycles. The van der Waals surface area contributed by atoms with Crippen molar-refractivity contribution in [2.75, 3.05) is 19.7 Å². The highest BCUT2D eigenvalue weighted by molar-refractivity contribution is 6.13. The normalized spacial score (nSPS) is 16.2. The number of rotatable bonds is 4. The van der Waals surface area contributed by atoms with Crippen molar-refractivity contribution in [1.29, 1.82) is 0 Å². The predicted octanol–water partition coefficient (Wildman–Crippen LogP) is 6.16. The topological polar surface area (TPSA) is 51.1 Å². The molecule has 1 amide bonds. The van der Waals surface area contributed by atoms with Crippen molar-refractivity contribution >= 4 is 17.5 Å². The number of hydrogen-bond donors (Lipinski definition) is 0. The largest absolute Gasteiger partial charge is 0.444 e. The molecular formula is C28H30N2O3. The lowest BCUT2D eigenvalue weighted by atomic mass is 10.0. The van der Waals surface area contributed by atoms with Crippen LogP contribution in [-0.4, -0.2) is 42.0 Å². The molecule has 0 bridgehead atoms. The number of hydrogen-bond acceptors (Lipinski definition) is 4. The van der Waals surface area contributed by atoms with Gasteiger partial charge in [-0.15, -0.1) is 0 Å². The molecule has 0 spiro atoms. The van der Waals surface area contributed by atoms with Crippen LogP contribution in [0.1, 0.15) is 43.6 Å². The van der Waals surface area contributed by atoms with Crippen LogP contribution < -0.4 is 0 Å². The van der Waals surface area contributed by atoms with E-state index in [1.54, 1.807) is 4.90 Å². The van der Waals surface area contributed by atoms with Gasteiger partial charge in [-0.1, -0.05) is 72.8 Å². The van der Waals surface area contributed by atoms with Crippen LogP contribution >= 0.6 is 0 Å². The zero-order valence-electron chi connectivity index (χ0n) is 19.4. The summed E-state index contributed by atoms with van der Waals surface area (Å²) in [6.07, 6.45) is -0.487. The average Bonchev–Trinajstić information content (AvgIpc) is 2.83. The number of benzene rings is 3. The Bertz CT molecular complexity index is 1050. The molecular weight excluding hydrogens is 412 g/mol. The van der Waals surface area contributed by atoms with Gasteiger partial charge in [-0.25, -0.2) is 9.79 Å². The number of amides is 1. The van der Waals surface area contributed by atoms with Crippen LogP contribution in [0.5, 0.6) is 0 Å². The van der Waals surface area contributed by atoms with Crippen LogP contribution in [0.15, 0.2) is 89.9 Å². The molecule has 0 aromatic heterocycles. The summed E-state index contributed by atoms with van der Waals surface area (Å²) in [5.74, 6) is 0. The predicted molar refractivity (Wildman–Crippen MR) is 131 cm³/mol. The minimum atomic E-state index is -0.514. The summed E-state index contributed by atoms with van der Waals surface area (Å²) in [5, 5.41) is 0. The molecule has 5 nitrogen and oxygen atoms in total. The van der Waals surface area contributed by atoms with Crippen molar-refractivity contribution in [2.45, 2.75) is 32.5 Å². The van der Waals surface area contributed by atoms with Gasteiger partial charge in [0, 0.05) is 17.7 Å². The maximum absolute atomic E-state index is 12.5. The number of carbonyl (C=O) groups is 1. The minimum Gasteiger partial charge on any atom is -0.444 e. The molecule has 1 saturated heterocycles. The average molecular weight is 443 g/mol. The van der Waals surface area contributed by atoms with Crippen LogP contribution in [0.25, 0.3) is 0 Å². The molecule has 1 aliphatic rings. The quantitative estimate of drug-likeness (QED) is 0.455. The van der Waals surface area contributed by atoms with Gasteiger partial charge in [-0.05, 0) is 38.5 Å². The number of ether oxygens (including phenoxy) is 2. The van der Waals surface area contributed by atoms with Crippen molar-refractivity contribution in [3.8, 4) is 0 Å². The molecule has 0 saturated carbocycles. The molecule has 1 heterocycles. The van der Waals surface area contributed by atoms with Crippen LogP contribution in [0.2, 0.25) is 0 Å². The van der Waals surface area contributed by atoms with Gasteiger partial charge in [0.05, 0.1) is 24.6 Å². The van der Waals surface area contributed by atoms with E-state index < -0.39 is 5.60 Å². The first-order chi connectivity index (χ1) is 15.9. The highest BCUT2D eigenvalue weighted by Gasteiger charge is 2.28. The maximum Gasteiger partial charge on any atom is 0.410 e. The molecule has 1 fully saturated rings. The van der Waals surface area contributed by atoms with Crippen molar-refractivity contribution in [3.63, 3.8) is 0 Å². The maximum atomic E-state index is 12.5. The van der Waals surface area contributed by atoms with Crippen molar-refractivity contribution in [2.24, 2.45) is 4.99 Å². The van der Waals surface area contributed by atoms with Gasteiger partial charge >= 0.3 is 6.09 Å². The lowest BCUT2D eigenvalue weighted by molar-refractivity contribution is -0.0432. The number of carbonyl (C=O) groups excluding carboxylic acids is 1. The first kappa shape index (κ1) is 22.7. The lowest BCUT2D eigenvalue weighted by Crippen LogP contribution is -2.44. The Morgan fingerprint density at radius 3 is 2.03 bits per heavy atom. The molecule has 3 aromatic rings. The molecule has 5 heteroatoms. The minimum absolute atomic E-state index is 0.188. The first-order valence-electron chi connectivity index (χ1n) is 11.3. The van der Waals surface area contributed by atoms with E-state index in [0.717, 1.165) is 28.1 Å². The second-order valence-corrected chi connectivity index (χ2v) is 9.07. The molecule has 1 unspecified atom stereocenters. The summed E-state index contributed by atoms with van der Waals surface area (Å²) in [5.41, 5.74) is 4.42. The standard InChI is InChI=1S/C28H30N2O3/c1-28(2,3)33-27(31)30-18-19-32-25(20-30)21-14-16-24(17-15-21)29-26(22-10-6-4-7-11-22)23-12-8-5-9-13-23/h4-17,25H,18-20H2,1-3H3. The second-order valence-electron chi connectivity index (χ2n) is 9.07. The highest BCUT2D eigenvalue weighted by atomic mass is 16.6. The zero-order valence-corrected chi connectivity index (χ0v) is 19.4. The SMILES string of the molecule is CC(C)(C)OC(=O)N1CCOC(c2ccc(N=C(c3ccccc3)c3ccccc3)cc2)C1. The van der Waals surface area contributed by atoms with Gasteiger partial charge in [0.1, 0.15) is 11.7 Å². The highest BCUT2D eigenvalue weighted by Crippen LogP contribution is 2.26. The number of aliphatic imine (C=N–C) groups is 1. The van der Waals surface area contributed by atoms with E-state index in [2.05, 4.69) is 24.3 Å². The Labute approximate surface area is 195 Å². The Hall–Kier alpha value is -3.44. The van der Waals surface area contributed by atoms with Crippen LogP contribution in [-0.2, 0) is 9.47 Å². The van der Waals surface area contributed by atoms with E-state index >= 15 is 0 Å². The van der Waals surface area contributed by atoms with Gasteiger partial charge in [0.25, 0.3) is 0 Å². The van der Waals surface area contributed by atoms with Gasteiger partial charge in [-0.2, -0.15) is 0 Å². The molecule has 0 radical (unpaired) electrons. The van der Waals surface area contributed by atoms with E-state index in [1.165, 1.54) is 0 Å². The fourth-order valence-electron chi connectivity index (χ4n) is 3.72. The van der Waals surface area contributed by atoms with Crippen molar-refractivity contribution < 1.29 is 14.3 Å². The molecule has 170 valence electrons. The van der Waals surface area contributed by atoms with E-state index in [1.807, 2.05) is 81.4 Å². The van der Waals surface area contributed by atoms with Crippen molar-refractivity contribution in [1.82, 2.24) is 4.90 Å². The Morgan fingerprint density at radius 2 is 1.48 bits per heavy atom. The van der Waals surface area contributed by atoms with Crippen molar-refractivity contribution in [3.05, 3.63) is 102 Å². The zero-order chi connectivity index (χ0) is 23.3. The van der Waals surface area contributed by atoms with Crippen LogP contribution in [0.3, 0.4) is 0 Å². The monoisotopic (exact) mass is 442 g/mol. The fraction of sp³-hybridized carbons (Fsp3) is 0.286. The van der Waals surface area contributed by atoms with Gasteiger partial charge < -0.3 is 14.4 Å². The summed E-state index contributed by atoms with van der Waals surface area (Å²) < 4.78 is 11.5. The van der Waals surface area contributed by atoms with Crippen LogP contribution in [0.4, 0.5) is 10.5 Å². The molecule has 0 N–H and O–H groups in total. The third kappa shape index (κ3) is 6.08. The van der Waals surface area contributed by atoms with Crippen LogP contribution in [0, 0.1) is 0 Å². The van der Waals surface area contributed by atoms with Gasteiger partial charge in [0.2, 0.25) is 0 Å². The summed E-state index contributed by atoms with van der Waals surface area (Å²) in [4.78, 5) is 19.1. The third-order valence-electron chi connectivity index (χ3n) is 5.32. The molecule has 1 atom stereocenters. The van der Waals surface area contributed by atoms with E-state index in [4.69, 9.17) is 14.5 Å². The summed E-state index contributed by atoms with van der Waals surface area (Å²) in [6.45, 7) is 7.11. The summed E-state index contributed by atoms with van der Waals surface area (Å²) >= 11 is 0. The first-order valence-corrected chi connectivity index (χ1v) is 11.3. The lowest BCUT2D eigenvalue weighted by Gasteiger charge is -2.34. The van der Waals surface area contributed by atoms with E-state index in [-0.39, 0.29) is 12.2 Å². The van der Waals surface area contributed by atoms with E-state index in [9.17, 15) is 4.79 Å². The second kappa shape index (κ2) is 10.0. The summed E-state index contributed by atoms with van der Waals surface area (Å²) in [7, 11) is 0. The molecule has 4 rings (SSSR count). The summed E-state index contributed by atoms with van der Waals surface area (Å²) in [6, 6.07) is 28.4. The molecule has 0 aliphatic carbocycles. The fourth-order valence-corrected chi connectivity index (χ4v) is 3.72. The van der Waals surface area contributed by atoms with E-state index in [0.29, 0.717) is 19.7 Å². The smallest absolute Gasteiger partial charge is 0.410 e. The number of nitrogens with zero attached hydrogens (tertiary/aromatic N) is 2. The molecule has 1 aliphatic heterocycles. The third-order valence-corrected chi connectivity index (χ3v) is 5.32. The van der Waals surface area contributed by atoms with Gasteiger partial charge in [-0.3, -0.25) is 0 Å². The Kier molecular flexibility index (Phi) is 6.90. The Balaban J connectivity index is 1.53. The Morgan fingerprint density at radius 1 is 0.909 bits per heavy atom. The number of morpholine rings is 1. The molecule has 33 heavy (non-hydrogen) atoms.